The van der Waals surface area contributed by atoms with Crippen molar-refractivity contribution in [3.63, 3.8) is 0 Å². The number of aromatic nitrogens is 2. The van der Waals surface area contributed by atoms with Gasteiger partial charge < -0.3 is 5.32 Å². The summed E-state index contributed by atoms with van der Waals surface area (Å²) < 4.78 is 1.42. The molecular weight excluding hydrogens is 368 g/mol. The van der Waals surface area contributed by atoms with E-state index in [0.717, 1.165) is 32.5 Å². The molecule has 0 spiro atoms. The highest BCUT2D eigenvalue weighted by Crippen LogP contribution is 2.20. The Labute approximate surface area is 159 Å². The molecule has 4 rings (SSSR count). The minimum Gasteiger partial charge on any atom is -0.352 e. The monoisotopic (exact) mass is 388 g/mol. The van der Waals surface area contributed by atoms with Crippen molar-refractivity contribution in [2.24, 2.45) is 5.92 Å². The number of fused-ring (bicyclic) bond motifs is 1. The van der Waals surface area contributed by atoms with E-state index in [1.165, 1.54) is 26.8 Å². The van der Waals surface area contributed by atoms with Gasteiger partial charge in [-0.25, -0.2) is 4.98 Å². The van der Waals surface area contributed by atoms with E-state index >= 15 is 0 Å². The van der Waals surface area contributed by atoms with Crippen molar-refractivity contribution in [1.29, 1.82) is 0 Å². The van der Waals surface area contributed by atoms with Gasteiger partial charge in [-0.1, -0.05) is 6.07 Å². The molecular formula is C18H20N4O2S2. The third-order valence-electron chi connectivity index (χ3n) is 4.81. The fraction of sp³-hybridized carbons (Fsp3) is 0.389. The smallest absolute Gasteiger partial charge is 0.271 e. The molecule has 3 aromatic rings. The van der Waals surface area contributed by atoms with Crippen LogP contribution in [0.3, 0.4) is 0 Å². The lowest BCUT2D eigenvalue weighted by Gasteiger charge is -2.31. The van der Waals surface area contributed by atoms with Gasteiger partial charge in [0, 0.05) is 35.7 Å². The van der Waals surface area contributed by atoms with Crippen LogP contribution in [-0.4, -0.2) is 39.8 Å². The lowest BCUT2D eigenvalue weighted by Crippen LogP contribution is -2.39. The molecule has 0 saturated carbocycles. The molecule has 1 fully saturated rings. The summed E-state index contributed by atoms with van der Waals surface area (Å²) in [5, 5.41) is 6.82. The number of amides is 1. The van der Waals surface area contributed by atoms with Crippen LogP contribution in [0.25, 0.3) is 4.96 Å². The van der Waals surface area contributed by atoms with E-state index < -0.39 is 0 Å². The summed E-state index contributed by atoms with van der Waals surface area (Å²) >= 11 is 3.17. The number of piperidine rings is 1. The fourth-order valence-electron chi connectivity index (χ4n) is 3.28. The second kappa shape index (κ2) is 7.69. The lowest BCUT2D eigenvalue weighted by molar-refractivity contribution is 0.0933. The summed E-state index contributed by atoms with van der Waals surface area (Å²) in [4.78, 5) is 33.4. The van der Waals surface area contributed by atoms with Gasteiger partial charge in [0.05, 0.1) is 0 Å². The Bertz CT molecular complexity index is 940. The van der Waals surface area contributed by atoms with Crippen molar-refractivity contribution in [2.75, 3.05) is 19.6 Å². The largest absolute Gasteiger partial charge is 0.352 e. The van der Waals surface area contributed by atoms with Crippen LogP contribution in [0.1, 0.15) is 28.1 Å². The van der Waals surface area contributed by atoms with Crippen molar-refractivity contribution < 1.29 is 4.79 Å². The van der Waals surface area contributed by atoms with Crippen LogP contribution >= 0.6 is 22.7 Å². The Morgan fingerprint density at radius 1 is 1.27 bits per heavy atom. The lowest BCUT2D eigenvalue weighted by atomic mass is 9.96. The minimum atomic E-state index is -0.330. The first kappa shape index (κ1) is 17.4. The van der Waals surface area contributed by atoms with Gasteiger partial charge in [0.2, 0.25) is 0 Å². The number of thiophene rings is 1. The first-order chi connectivity index (χ1) is 12.7. The first-order valence-electron chi connectivity index (χ1n) is 8.68. The molecule has 4 heterocycles. The van der Waals surface area contributed by atoms with E-state index in [0.29, 0.717) is 17.4 Å². The molecule has 3 aromatic heterocycles. The van der Waals surface area contributed by atoms with Crippen LogP contribution in [0, 0.1) is 5.92 Å². The molecule has 8 heteroatoms. The van der Waals surface area contributed by atoms with E-state index in [1.54, 1.807) is 22.9 Å². The topological polar surface area (TPSA) is 66.7 Å². The Kier molecular flexibility index (Phi) is 5.14. The molecule has 6 nitrogen and oxygen atoms in total. The van der Waals surface area contributed by atoms with Crippen molar-refractivity contribution in [3.05, 3.63) is 56.1 Å². The summed E-state index contributed by atoms with van der Waals surface area (Å²) in [7, 11) is 0. The van der Waals surface area contributed by atoms with Gasteiger partial charge in [-0.15, -0.1) is 22.7 Å². The summed E-state index contributed by atoms with van der Waals surface area (Å²) in [6, 6.07) is 4.26. The summed E-state index contributed by atoms with van der Waals surface area (Å²) in [6.45, 7) is 3.71. The molecule has 0 unspecified atom stereocenters. The molecule has 0 aromatic carbocycles. The van der Waals surface area contributed by atoms with Crippen LogP contribution in [0.2, 0.25) is 0 Å². The van der Waals surface area contributed by atoms with E-state index in [4.69, 9.17) is 0 Å². The van der Waals surface area contributed by atoms with Crippen LogP contribution in [-0.2, 0) is 6.54 Å². The van der Waals surface area contributed by atoms with Crippen LogP contribution < -0.4 is 10.9 Å². The Morgan fingerprint density at radius 2 is 2.12 bits per heavy atom. The van der Waals surface area contributed by atoms with Crippen molar-refractivity contribution in [3.8, 4) is 0 Å². The highest BCUT2D eigenvalue weighted by Gasteiger charge is 2.21. The predicted octanol–water partition coefficient (Wildman–Crippen LogP) is 2.46. The molecule has 0 bridgehead atoms. The number of carbonyl (C=O) groups excluding carboxylic acids is 1. The highest BCUT2D eigenvalue weighted by molar-refractivity contribution is 7.15. The number of thiazole rings is 1. The molecule has 0 atom stereocenters. The molecule has 136 valence electrons. The van der Waals surface area contributed by atoms with E-state index in [2.05, 4.69) is 32.7 Å². The number of likely N-dealkylation sites (tertiary alicyclic amines) is 1. The van der Waals surface area contributed by atoms with Crippen LogP contribution in [0.5, 0.6) is 0 Å². The Balaban J connectivity index is 1.29. The van der Waals surface area contributed by atoms with Crippen LogP contribution in [0.15, 0.2) is 40.1 Å². The van der Waals surface area contributed by atoms with E-state index in [9.17, 15) is 9.59 Å². The maximum atomic E-state index is 12.4. The normalized spacial score (nSPS) is 16.2. The number of rotatable bonds is 5. The van der Waals surface area contributed by atoms with Gasteiger partial charge in [0.25, 0.3) is 11.5 Å². The number of carbonyl (C=O) groups is 1. The third kappa shape index (κ3) is 3.72. The van der Waals surface area contributed by atoms with Crippen molar-refractivity contribution in [1.82, 2.24) is 19.6 Å². The maximum absolute atomic E-state index is 12.4. The predicted molar refractivity (Wildman–Crippen MR) is 104 cm³/mol. The zero-order valence-electron chi connectivity index (χ0n) is 14.3. The maximum Gasteiger partial charge on any atom is 0.271 e. The molecule has 1 aliphatic heterocycles. The zero-order chi connectivity index (χ0) is 17.9. The van der Waals surface area contributed by atoms with Gasteiger partial charge in [-0.3, -0.25) is 18.9 Å². The first-order valence-corrected chi connectivity index (χ1v) is 10.4. The van der Waals surface area contributed by atoms with Crippen molar-refractivity contribution in [2.45, 2.75) is 19.4 Å². The molecule has 0 radical (unpaired) electrons. The molecule has 1 N–H and O–H groups in total. The van der Waals surface area contributed by atoms with Crippen LogP contribution in [0.4, 0.5) is 0 Å². The molecule has 26 heavy (non-hydrogen) atoms. The van der Waals surface area contributed by atoms with Gasteiger partial charge in [0.15, 0.2) is 4.96 Å². The average molecular weight is 389 g/mol. The Morgan fingerprint density at radius 3 is 2.88 bits per heavy atom. The standard InChI is InChI=1S/C18H20N4O2S2/c23-16(15-11-20-18-22(17(15)24)7-9-26-18)19-10-13-3-5-21(6-4-13)12-14-2-1-8-25-14/h1-2,7-9,11,13H,3-6,10,12H2,(H,19,23). The summed E-state index contributed by atoms with van der Waals surface area (Å²) in [5.74, 6) is 0.128. The quantitative estimate of drug-likeness (QED) is 0.729. The van der Waals surface area contributed by atoms with Crippen molar-refractivity contribution >= 4 is 33.5 Å². The molecule has 1 saturated heterocycles. The Hall–Kier alpha value is -2.03. The number of hydrogen-bond acceptors (Lipinski definition) is 6. The van der Waals surface area contributed by atoms with Gasteiger partial charge in [-0.2, -0.15) is 0 Å². The van der Waals surface area contributed by atoms with Gasteiger partial charge >= 0.3 is 0 Å². The zero-order valence-corrected chi connectivity index (χ0v) is 15.9. The third-order valence-corrected chi connectivity index (χ3v) is 6.44. The summed E-state index contributed by atoms with van der Waals surface area (Å²) in [6.07, 6.45) is 5.15. The SMILES string of the molecule is O=C(NCC1CCN(Cc2cccs2)CC1)c1cnc2sccn2c1=O. The molecule has 0 aliphatic carbocycles. The number of nitrogens with zero attached hydrogens (tertiary/aromatic N) is 3. The highest BCUT2D eigenvalue weighted by atomic mass is 32.1. The number of nitrogens with one attached hydrogen (secondary N) is 1. The average Bonchev–Trinajstić information content (AvgIpc) is 3.33. The summed E-state index contributed by atoms with van der Waals surface area (Å²) in [5.41, 5.74) is -0.199. The minimum absolute atomic E-state index is 0.107. The molecule has 1 aliphatic rings. The second-order valence-electron chi connectivity index (χ2n) is 6.54. The van der Waals surface area contributed by atoms with Gasteiger partial charge in [0.1, 0.15) is 5.56 Å². The fourth-order valence-corrected chi connectivity index (χ4v) is 4.71. The van der Waals surface area contributed by atoms with E-state index in [-0.39, 0.29) is 17.0 Å². The molecule has 1 amide bonds. The van der Waals surface area contributed by atoms with E-state index in [1.807, 2.05) is 0 Å². The van der Waals surface area contributed by atoms with Gasteiger partial charge in [-0.05, 0) is 43.3 Å². The number of hydrogen-bond donors (Lipinski definition) is 1. The second-order valence-corrected chi connectivity index (χ2v) is 8.45.